The van der Waals surface area contributed by atoms with Crippen LogP contribution >= 0.6 is 22.9 Å². The monoisotopic (exact) mass is 374 g/mol. The molecule has 1 N–H and O–H groups in total. The first kappa shape index (κ1) is 17.6. The van der Waals surface area contributed by atoms with Crippen LogP contribution < -0.4 is 5.32 Å². The van der Waals surface area contributed by atoms with Gasteiger partial charge in [-0.05, 0) is 37.3 Å². The smallest absolute Gasteiger partial charge is 0.251 e. The first-order valence-electron chi connectivity index (χ1n) is 7.79. The van der Waals surface area contributed by atoms with Gasteiger partial charge in [0.2, 0.25) is 0 Å². The Morgan fingerprint density at radius 2 is 2.04 bits per heavy atom. The zero-order valence-electron chi connectivity index (χ0n) is 13.6. The Labute approximate surface area is 154 Å². The first-order chi connectivity index (χ1) is 12.0. The number of carbonyl (C=O) groups is 1. The highest BCUT2D eigenvalue weighted by molar-refractivity contribution is 7.15. The third-order valence-corrected chi connectivity index (χ3v) is 5.19. The topological polar surface area (TPSA) is 42.0 Å². The van der Waals surface area contributed by atoms with Crippen molar-refractivity contribution in [3.63, 3.8) is 0 Å². The fourth-order valence-corrected chi connectivity index (χ4v) is 3.67. The Morgan fingerprint density at radius 3 is 2.80 bits per heavy atom. The fourth-order valence-electron chi connectivity index (χ4n) is 2.43. The molecule has 0 aliphatic carbocycles. The van der Waals surface area contributed by atoms with Gasteiger partial charge in [0.25, 0.3) is 5.91 Å². The molecule has 0 aliphatic rings. The molecular formula is C19H16ClFN2OS. The predicted molar refractivity (Wildman–Crippen MR) is 99.7 cm³/mol. The van der Waals surface area contributed by atoms with Gasteiger partial charge in [-0.15, -0.1) is 11.3 Å². The molecule has 0 fully saturated rings. The van der Waals surface area contributed by atoms with Gasteiger partial charge in [-0.25, -0.2) is 9.37 Å². The molecule has 0 spiro atoms. The number of halogens is 2. The molecule has 128 valence electrons. The molecule has 3 aromatic rings. The molecule has 3 nitrogen and oxygen atoms in total. The lowest BCUT2D eigenvalue weighted by atomic mass is 10.2. The van der Waals surface area contributed by atoms with Crippen LogP contribution in [0.15, 0.2) is 48.5 Å². The number of amides is 1. The maximum absolute atomic E-state index is 13.4. The highest BCUT2D eigenvalue weighted by Crippen LogP contribution is 2.28. The summed E-state index contributed by atoms with van der Waals surface area (Å²) in [5, 5.41) is 4.20. The zero-order valence-corrected chi connectivity index (χ0v) is 15.1. The number of hydrogen-bond acceptors (Lipinski definition) is 3. The van der Waals surface area contributed by atoms with Crippen molar-refractivity contribution in [2.75, 3.05) is 6.54 Å². The van der Waals surface area contributed by atoms with Gasteiger partial charge >= 0.3 is 0 Å². The molecule has 0 saturated carbocycles. The molecule has 1 amide bonds. The van der Waals surface area contributed by atoms with Crippen LogP contribution in [0.4, 0.5) is 4.39 Å². The third-order valence-electron chi connectivity index (χ3n) is 3.69. The Morgan fingerprint density at radius 1 is 1.24 bits per heavy atom. The molecule has 0 radical (unpaired) electrons. The number of benzene rings is 2. The molecule has 2 aromatic carbocycles. The lowest BCUT2D eigenvalue weighted by Gasteiger charge is -2.05. The summed E-state index contributed by atoms with van der Waals surface area (Å²) < 4.78 is 13.4. The van der Waals surface area contributed by atoms with E-state index in [1.807, 2.05) is 13.0 Å². The second kappa shape index (κ2) is 7.76. The molecule has 0 unspecified atom stereocenters. The summed E-state index contributed by atoms with van der Waals surface area (Å²) in [5.41, 5.74) is 2.21. The lowest BCUT2D eigenvalue weighted by Crippen LogP contribution is -2.25. The summed E-state index contributed by atoms with van der Waals surface area (Å²) in [6, 6.07) is 13.2. The fraction of sp³-hybridized carbons (Fsp3) is 0.158. The minimum absolute atomic E-state index is 0.157. The second-order valence-electron chi connectivity index (χ2n) is 5.55. The van der Waals surface area contributed by atoms with Gasteiger partial charge < -0.3 is 5.32 Å². The van der Waals surface area contributed by atoms with Crippen LogP contribution in [0.25, 0.3) is 10.6 Å². The largest absolute Gasteiger partial charge is 0.352 e. The van der Waals surface area contributed by atoms with Crippen molar-refractivity contribution in [3.05, 3.63) is 75.5 Å². The van der Waals surface area contributed by atoms with E-state index >= 15 is 0 Å². The minimum Gasteiger partial charge on any atom is -0.352 e. The van der Waals surface area contributed by atoms with Crippen molar-refractivity contribution in [2.45, 2.75) is 13.3 Å². The lowest BCUT2D eigenvalue weighted by molar-refractivity contribution is 0.0954. The van der Waals surface area contributed by atoms with Crippen LogP contribution in [0.5, 0.6) is 0 Å². The van der Waals surface area contributed by atoms with Gasteiger partial charge in [-0.1, -0.05) is 29.8 Å². The second-order valence-corrected chi connectivity index (χ2v) is 7.07. The van der Waals surface area contributed by atoms with E-state index in [2.05, 4.69) is 10.3 Å². The number of hydrogen-bond donors (Lipinski definition) is 1. The van der Waals surface area contributed by atoms with Crippen LogP contribution in [0.2, 0.25) is 5.02 Å². The molecule has 25 heavy (non-hydrogen) atoms. The molecule has 0 atom stereocenters. The highest BCUT2D eigenvalue weighted by atomic mass is 35.5. The zero-order chi connectivity index (χ0) is 17.8. The van der Waals surface area contributed by atoms with Gasteiger partial charge in [0.05, 0.1) is 5.69 Å². The van der Waals surface area contributed by atoms with E-state index in [-0.39, 0.29) is 11.7 Å². The van der Waals surface area contributed by atoms with Crippen molar-refractivity contribution in [2.24, 2.45) is 0 Å². The van der Waals surface area contributed by atoms with Gasteiger partial charge in [-0.2, -0.15) is 0 Å². The maximum atomic E-state index is 13.4. The van der Waals surface area contributed by atoms with Crippen molar-refractivity contribution in [1.29, 1.82) is 0 Å². The number of nitrogens with one attached hydrogen (secondary N) is 1. The maximum Gasteiger partial charge on any atom is 0.251 e. The van der Waals surface area contributed by atoms with E-state index < -0.39 is 0 Å². The van der Waals surface area contributed by atoms with Crippen molar-refractivity contribution >= 4 is 28.8 Å². The number of nitrogens with zero attached hydrogens (tertiary/aromatic N) is 1. The van der Waals surface area contributed by atoms with Gasteiger partial charge in [0, 0.05) is 34.0 Å². The number of aryl methyl sites for hydroxylation is 1. The Kier molecular flexibility index (Phi) is 5.46. The molecule has 0 aliphatic heterocycles. The summed E-state index contributed by atoms with van der Waals surface area (Å²) in [7, 11) is 0. The number of rotatable bonds is 5. The van der Waals surface area contributed by atoms with Gasteiger partial charge in [-0.3, -0.25) is 4.79 Å². The number of carbonyl (C=O) groups excluding carboxylic acids is 1. The molecule has 1 aromatic heterocycles. The number of thiazole rings is 1. The average Bonchev–Trinajstić information content (AvgIpc) is 2.96. The van der Waals surface area contributed by atoms with E-state index in [1.54, 1.807) is 30.3 Å². The van der Waals surface area contributed by atoms with E-state index in [0.29, 0.717) is 23.6 Å². The molecule has 6 heteroatoms. The average molecular weight is 375 g/mol. The Balaban J connectivity index is 1.63. The minimum atomic E-state index is -0.277. The van der Waals surface area contributed by atoms with Crippen LogP contribution in [0.1, 0.15) is 20.9 Å². The van der Waals surface area contributed by atoms with Gasteiger partial charge in [0.15, 0.2) is 0 Å². The molecule has 1 heterocycles. The number of aromatic nitrogens is 1. The quantitative estimate of drug-likeness (QED) is 0.691. The van der Waals surface area contributed by atoms with E-state index in [9.17, 15) is 9.18 Å². The Bertz CT molecular complexity index is 910. The summed E-state index contributed by atoms with van der Waals surface area (Å²) >= 11 is 7.42. The van der Waals surface area contributed by atoms with Gasteiger partial charge in [0.1, 0.15) is 10.8 Å². The Hall–Kier alpha value is -2.24. The van der Waals surface area contributed by atoms with Crippen LogP contribution in [-0.2, 0) is 6.42 Å². The van der Waals surface area contributed by atoms with E-state index in [1.165, 1.54) is 23.5 Å². The summed E-state index contributed by atoms with van der Waals surface area (Å²) in [4.78, 5) is 17.7. The van der Waals surface area contributed by atoms with E-state index in [0.717, 1.165) is 21.1 Å². The molecular weight excluding hydrogens is 359 g/mol. The summed E-state index contributed by atoms with van der Waals surface area (Å²) in [6.45, 7) is 2.42. The SMILES string of the molecule is Cc1nc(-c2cccc(F)c2)sc1CCNC(=O)c1cccc(Cl)c1. The summed E-state index contributed by atoms with van der Waals surface area (Å²) in [5.74, 6) is -0.435. The predicted octanol–water partition coefficient (Wildman–Crippen LogP) is 4.88. The van der Waals surface area contributed by atoms with E-state index in [4.69, 9.17) is 11.6 Å². The van der Waals surface area contributed by atoms with Crippen molar-refractivity contribution in [1.82, 2.24) is 10.3 Å². The van der Waals surface area contributed by atoms with Crippen molar-refractivity contribution < 1.29 is 9.18 Å². The molecule has 0 saturated heterocycles. The molecule has 3 rings (SSSR count). The third kappa shape index (κ3) is 4.44. The van der Waals surface area contributed by atoms with Crippen LogP contribution in [0, 0.1) is 12.7 Å². The standard InChI is InChI=1S/C19H16ClFN2OS/c1-12-17(25-19(23-12)14-5-3-7-16(21)11-14)8-9-22-18(24)13-4-2-6-15(20)10-13/h2-7,10-11H,8-9H2,1H3,(H,22,24). The van der Waals surface area contributed by atoms with Crippen LogP contribution in [0.3, 0.4) is 0 Å². The first-order valence-corrected chi connectivity index (χ1v) is 8.98. The van der Waals surface area contributed by atoms with Crippen LogP contribution in [-0.4, -0.2) is 17.4 Å². The summed E-state index contributed by atoms with van der Waals surface area (Å²) in [6.07, 6.45) is 0.672. The molecule has 0 bridgehead atoms. The van der Waals surface area contributed by atoms with Crippen molar-refractivity contribution in [3.8, 4) is 10.6 Å². The normalized spacial score (nSPS) is 10.7. The highest BCUT2D eigenvalue weighted by Gasteiger charge is 2.11.